The number of pyridine rings is 2. The first-order chi connectivity index (χ1) is 18.8. The second kappa shape index (κ2) is 11.7. The maximum Gasteiger partial charge on any atom is 0.294 e. The molecule has 3 aromatic rings. The number of hydrogen-bond donors (Lipinski definition) is 2. The van der Waals surface area contributed by atoms with E-state index in [2.05, 4.69) is 30.5 Å². The Morgan fingerprint density at radius 3 is 2.62 bits per heavy atom. The van der Waals surface area contributed by atoms with E-state index in [4.69, 9.17) is 25.8 Å². The third-order valence-corrected chi connectivity index (χ3v) is 7.12. The van der Waals surface area contributed by atoms with Crippen LogP contribution < -0.4 is 25.8 Å². The van der Waals surface area contributed by atoms with E-state index in [1.54, 1.807) is 23.0 Å². The topological polar surface area (TPSA) is 133 Å². The highest BCUT2D eigenvalue weighted by molar-refractivity contribution is 6.32. The lowest BCUT2D eigenvalue weighted by Gasteiger charge is -2.33. The number of fused-ring (bicyclic) bond motifs is 1. The summed E-state index contributed by atoms with van der Waals surface area (Å²) in [5.74, 6) is 1.13. The number of likely N-dealkylation sites (N-methyl/N-ethyl adjacent to an activating group) is 1. The predicted octanol–water partition coefficient (Wildman–Crippen LogP) is 2.88. The fraction of sp³-hybridized carbons (Fsp3) is 0.500. The van der Waals surface area contributed by atoms with Gasteiger partial charge in [0.1, 0.15) is 10.7 Å². The monoisotopic (exact) mass is 557 g/mol. The summed E-state index contributed by atoms with van der Waals surface area (Å²) in [4.78, 5) is 40.5. The molecule has 13 heteroatoms. The zero-order chi connectivity index (χ0) is 27.5. The Bertz CT molecular complexity index is 1400. The minimum atomic E-state index is -0.354. The average Bonchev–Trinajstić information content (AvgIpc) is 3.48. The van der Waals surface area contributed by atoms with Gasteiger partial charge in [0.2, 0.25) is 5.95 Å². The van der Waals surface area contributed by atoms with Crippen LogP contribution in [0.15, 0.2) is 29.3 Å². The van der Waals surface area contributed by atoms with Crippen molar-refractivity contribution in [3.05, 3.63) is 39.9 Å². The molecule has 5 heterocycles. The number of amides is 1. The summed E-state index contributed by atoms with van der Waals surface area (Å²) >= 11 is 6.45. The van der Waals surface area contributed by atoms with Gasteiger partial charge >= 0.3 is 0 Å². The molecule has 0 bridgehead atoms. The van der Waals surface area contributed by atoms with Gasteiger partial charge in [-0.05, 0) is 38.8 Å². The Morgan fingerprint density at radius 1 is 1.18 bits per heavy atom. The van der Waals surface area contributed by atoms with Gasteiger partial charge in [-0.15, -0.1) is 0 Å². The molecule has 2 saturated heterocycles. The molecule has 0 aromatic carbocycles. The van der Waals surface area contributed by atoms with Crippen LogP contribution in [0.1, 0.15) is 32.7 Å². The number of anilines is 3. The third kappa shape index (κ3) is 5.92. The summed E-state index contributed by atoms with van der Waals surface area (Å²) in [5.41, 5.74) is 0.767. The number of piperidine rings is 1. The van der Waals surface area contributed by atoms with Crippen LogP contribution in [0.25, 0.3) is 11.0 Å². The van der Waals surface area contributed by atoms with Crippen LogP contribution >= 0.6 is 11.6 Å². The van der Waals surface area contributed by atoms with E-state index in [-0.39, 0.29) is 36.2 Å². The van der Waals surface area contributed by atoms with E-state index in [0.29, 0.717) is 52.6 Å². The first kappa shape index (κ1) is 27.1. The molecule has 0 aliphatic carbocycles. The molecule has 0 radical (unpaired) electrons. The fourth-order valence-corrected chi connectivity index (χ4v) is 4.96. The molecule has 12 nitrogen and oxygen atoms in total. The smallest absolute Gasteiger partial charge is 0.294 e. The number of carbonyl (C=O) groups is 1. The van der Waals surface area contributed by atoms with Gasteiger partial charge in [-0.1, -0.05) is 11.6 Å². The number of halogens is 1. The lowest BCUT2D eigenvalue weighted by atomic mass is 9.96. The molecule has 1 amide bonds. The van der Waals surface area contributed by atoms with Crippen molar-refractivity contribution in [2.75, 3.05) is 50.2 Å². The molecule has 208 valence electrons. The van der Waals surface area contributed by atoms with Crippen LogP contribution in [0.3, 0.4) is 0 Å². The predicted molar refractivity (Wildman–Crippen MR) is 147 cm³/mol. The first-order valence-corrected chi connectivity index (χ1v) is 13.4. The van der Waals surface area contributed by atoms with Crippen molar-refractivity contribution >= 4 is 46.0 Å². The van der Waals surface area contributed by atoms with Crippen molar-refractivity contribution in [3.8, 4) is 5.75 Å². The van der Waals surface area contributed by atoms with Crippen LogP contribution in [-0.4, -0.2) is 71.7 Å². The molecule has 39 heavy (non-hydrogen) atoms. The van der Waals surface area contributed by atoms with Crippen LogP contribution in [0.5, 0.6) is 5.75 Å². The molecular formula is C26H32ClN7O5. The number of hydrogen-bond acceptors (Lipinski definition) is 10. The number of carbonyl (C=O) groups excluding carboxylic acids is 1. The minimum Gasteiger partial charge on any atom is -0.478 e. The second-order valence-corrected chi connectivity index (χ2v) is 10.2. The number of nitrogens with zero attached hydrogens (tertiary/aromatic N) is 5. The Labute approximate surface area is 230 Å². The van der Waals surface area contributed by atoms with Crippen molar-refractivity contribution in [2.45, 2.75) is 39.0 Å². The summed E-state index contributed by atoms with van der Waals surface area (Å²) in [5, 5.41) is 6.74. The van der Waals surface area contributed by atoms with E-state index >= 15 is 0 Å². The van der Waals surface area contributed by atoms with E-state index in [1.165, 1.54) is 7.05 Å². The molecule has 3 aromatic heterocycles. The van der Waals surface area contributed by atoms with E-state index in [9.17, 15) is 9.59 Å². The molecule has 0 saturated carbocycles. The number of ether oxygens (including phenoxy) is 3. The molecule has 0 spiro atoms. The van der Waals surface area contributed by atoms with Gasteiger partial charge in [0.05, 0.1) is 31.3 Å². The lowest BCUT2D eigenvalue weighted by Crippen LogP contribution is -2.39. The van der Waals surface area contributed by atoms with Gasteiger partial charge in [0.15, 0.2) is 24.5 Å². The third-order valence-electron chi connectivity index (χ3n) is 6.84. The van der Waals surface area contributed by atoms with Crippen molar-refractivity contribution < 1.29 is 19.0 Å². The lowest BCUT2D eigenvalue weighted by molar-refractivity contribution is -0.122. The zero-order valence-corrected chi connectivity index (χ0v) is 22.9. The van der Waals surface area contributed by atoms with Crippen molar-refractivity contribution in [3.63, 3.8) is 0 Å². The molecule has 2 aliphatic heterocycles. The van der Waals surface area contributed by atoms with Crippen molar-refractivity contribution in [1.82, 2.24) is 24.8 Å². The number of aromatic nitrogens is 4. The summed E-state index contributed by atoms with van der Waals surface area (Å²) in [6, 6.07) is 3.25. The zero-order valence-electron chi connectivity index (χ0n) is 22.1. The van der Waals surface area contributed by atoms with E-state index < -0.39 is 0 Å². The Balaban J connectivity index is 1.37. The molecule has 0 atom stereocenters. The SMILES string of the molecule is CNC(=O)COc1cc2cc(Nc3nc(N4CCC(C5OCCO5)CC4)ncc3Cl)cnc2n(C(C)C)c1=O. The molecule has 2 N–H and O–H groups in total. The normalized spacial score (nSPS) is 16.7. The summed E-state index contributed by atoms with van der Waals surface area (Å²) in [6.07, 6.45) is 4.94. The van der Waals surface area contributed by atoms with E-state index in [0.717, 1.165) is 25.9 Å². The first-order valence-electron chi connectivity index (χ1n) is 13.0. The second-order valence-electron chi connectivity index (χ2n) is 9.80. The van der Waals surface area contributed by atoms with Gasteiger partial charge in [-0.3, -0.25) is 14.2 Å². The maximum absolute atomic E-state index is 13.0. The molecule has 0 unspecified atom stereocenters. The van der Waals surface area contributed by atoms with Crippen LogP contribution in [-0.2, 0) is 14.3 Å². The Hall–Kier alpha value is -3.48. The van der Waals surface area contributed by atoms with Crippen LogP contribution in [0, 0.1) is 5.92 Å². The Morgan fingerprint density at radius 2 is 1.92 bits per heavy atom. The van der Waals surface area contributed by atoms with Crippen molar-refractivity contribution in [1.29, 1.82) is 0 Å². The number of rotatable bonds is 8. The molecule has 2 aliphatic rings. The standard InChI is InChI=1S/C26H32ClN7O5/c1-15(2)34-23-17(11-20(24(34)36)39-14-21(35)28-3)10-18(12-29-23)31-22-19(27)13-30-26(32-22)33-6-4-16(5-7-33)25-37-8-9-38-25/h10-13,15-16,25H,4-9,14H2,1-3H3,(H,28,35)(H,30,31,32). The fourth-order valence-electron chi connectivity index (χ4n) is 4.82. The highest BCUT2D eigenvalue weighted by Gasteiger charge is 2.31. The highest BCUT2D eigenvalue weighted by Crippen LogP contribution is 2.30. The summed E-state index contributed by atoms with van der Waals surface area (Å²) < 4.78 is 18.4. The van der Waals surface area contributed by atoms with Crippen molar-refractivity contribution in [2.24, 2.45) is 5.92 Å². The quantitative estimate of drug-likeness (QED) is 0.426. The molecule has 5 rings (SSSR count). The maximum atomic E-state index is 13.0. The highest BCUT2D eigenvalue weighted by atomic mass is 35.5. The average molecular weight is 558 g/mol. The largest absolute Gasteiger partial charge is 0.478 e. The van der Waals surface area contributed by atoms with Gasteiger partial charge < -0.3 is 29.7 Å². The molecular weight excluding hydrogens is 526 g/mol. The minimum absolute atomic E-state index is 0.0675. The molecule has 2 fully saturated rings. The number of nitrogens with one attached hydrogen (secondary N) is 2. The van der Waals surface area contributed by atoms with Gasteiger partial charge in [0.25, 0.3) is 11.5 Å². The van der Waals surface area contributed by atoms with Crippen LogP contribution in [0.2, 0.25) is 5.02 Å². The Kier molecular flexibility index (Phi) is 8.15. The summed E-state index contributed by atoms with van der Waals surface area (Å²) in [7, 11) is 1.51. The summed E-state index contributed by atoms with van der Waals surface area (Å²) in [6.45, 7) is 6.40. The van der Waals surface area contributed by atoms with Gasteiger partial charge in [-0.25, -0.2) is 9.97 Å². The van der Waals surface area contributed by atoms with E-state index in [1.807, 2.05) is 19.9 Å². The van der Waals surface area contributed by atoms with Gasteiger partial charge in [-0.2, -0.15) is 4.98 Å². The van der Waals surface area contributed by atoms with Crippen LogP contribution in [0.4, 0.5) is 17.5 Å². The van der Waals surface area contributed by atoms with Gasteiger partial charge in [0, 0.05) is 37.5 Å².